The van der Waals surface area contributed by atoms with Crippen LogP contribution in [0.1, 0.15) is 48.0 Å². The van der Waals surface area contributed by atoms with Crippen LogP contribution in [0.5, 0.6) is 0 Å². The van der Waals surface area contributed by atoms with Gasteiger partial charge in [0.05, 0.1) is 5.56 Å². The minimum Gasteiger partial charge on any atom is -0.478 e. The lowest BCUT2D eigenvalue weighted by atomic mass is 9.45. The van der Waals surface area contributed by atoms with Crippen molar-refractivity contribution in [2.45, 2.75) is 38.6 Å². The molecule has 2 aliphatic rings. The van der Waals surface area contributed by atoms with E-state index in [0.29, 0.717) is 17.5 Å². The summed E-state index contributed by atoms with van der Waals surface area (Å²) in [5.41, 5.74) is 1.89. The SMILES string of the molecule is O=C(O)c1cccc(CNCC2(CO)CC3(CCC3)C2)c1. The molecule has 0 aromatic heterocycles. The average Bonchev–Trinajstić information content (AvgIpc) is 2.40. The molecule has 0 amide bonds. The molecule has 2 saturated carbocycles. The fourth-order valence-corrected chi connectivity index (χ4v) is 4.15. The number of hydrogen-bond acceptors (Lipinski definition) is 3. The van der Waals surface area contributed by atoms with Crippen LogP contribution in [0.2, 0.25) is 0 Å². The van der Waals surface area contributed by atoms with Crippen molar-refractivity contribution in [3.05, 3.63) is 35.4 Å². The van der Waals surface area contributed by atoms with Crippen molar-refractivity contribution in [3.63, 3.8) is 0 Å². The third-order valence-electron chi connectivity index (χ3n) is 5.25. The van der Waals surface area contributed by atoms with Gasteiger partial charge in [0.25, 0.3) is 0 Å². The predicted octanol–water partition coefficient (Wildman–Crippen LogP) is 2.42. The Labute approximate surface area is 125 Å². The lowest BCUT2D eigenvalue weighted by Crippen LogP contribution is -2.56. The molecule has 0 atom stereocenters. The molecule has 0 radical (unpaired) electrons. The van der Waals surface area contributed by atoms with Gasteiger partial charge in [-0.1, -0.05) is 18.6 Å². The Balaban J connectivity index is 1.51. The molecule has 0 aliphatic heterocycles. The van der Waals surface area contributed by atoms with E-state index in [1.165, 1.54) is 19.3 Å². The fraction of sp³-hybridized carbons (Fsp3) is 0.588. The zero-order valence-electron chi connectivity index (χ0n) is 12.3. The van der Waals surface area contributed by atoms with E-state index in [1.807, 2.05) is 6.07 Å². The molecule has 0 unspecified atom stereocenters. The fourth-order valence-electron chi connectivity index (χ4n) is 4.15. The first-order valence-electron chi connectivity index (χ1n) is 7.70. The van der Waals surface area contributed by atoms with Crippen LogP contribution >= 0.6 is 0 Å². The number of aliphatic hydroxyl groups is 1. The van der Waals surface area contributed by atoms with Gasteiger partial charge < -0.3 is 15.5 Å². The van der Waals surface area contributed by atoms with Gasteiger partial charge in [0, 0.05) is 25.1 Å². The maximum atomic E-state index is 10.9. The van der Waals surface area contributed by atoms with E-state index in [2.05, 4.69) is 5.32 Å². The highest BCUT2D eigenvalue weighted by molar-refractivity contribution is 5.87. The van der Waals surface area contributed by atoms with Crippen molar-refractivity contribution in [3.8, 4) is 0 Å². The Kier molecular flexibility index (Phi) is 3.76. The minimum atomic E-state index is -0.894. The van der Waals surface area contributed by atoms with E-state index >= 15 is 0 Å². The molecule has 0 saturated heterocycles. The molecular formula is C17H23NO3. The topological polar surface area (TPSA) is 69.6 Å². The van der Waals surface area contributed by atoms with Crippen LogP contribution in [0.15, 0.2) is 24.3 Å². The van der Waals surface area contributed by atoms with Gasteiger partial charge in [-0.3, -0.25) is 0 Å². The number of carbonyl (C=O) groups is 1. The van der Waals surface area contributed by atoms with Crippen molar-refractivity contribution in [2.75, 3.05) is 13.2 Å². The summed E-state index contributed by atoms with van der Waals surface area (Å²) in [6.07, 6.45) is 6.28. The maximum absolute atomic E-state index is 10.9. The van der Waals surface area contributed by atoms with Crippen molar-refractivity contribution in [2.24, 2.45) is 10.8 Å². The summed E-state index contributed by atoms with van der Waals surface area (Å²) in [5.74, 6) is -0.894. The first-order chi connectivity index (χ1) is 10.1. The van der Waals surface area contributed by atoms with Crippen molar-refractivity contribution < 1.29 is 15.0 Å². The number of benzene rings is 1. The van der Waals surface area contributed by atoms with Crippen molar-refractivity contribution in [1.82, 2.24) is 5.32 Å². The van der Waals surface area contributed by atoms with Gasteiger partial charge in [-0.05, 0) is 48.8 Å². The van der Waals surface area contributed by atoms with E-state index in [0.717, 1.165) is 24.9 Å². The van der Waals surface area contributed by atoms with Gasteiger partial charge in [-0.15, -0.1) is 0 Å². The van der Waals surface area contributed by atoms with Gasteiger partial charge in [0.1, 0.15) is 0 Å². The Morgan fingerprint density at radius 1 is 1.29 bits per heavy atom. The van der Waals surface area contributed by atoms with E-state index in [-0.39, 0.29) is 12.0 Å². The highest BCUT2D eigenvalue weighted by Gasteiger charge is 2.56. The highest BCUT2D eigenvalue weighted by Crippen LogP contribution is 2.63. The number of hydrogen-bond donors (Lipinski definition) is 3. The third kappa shape index (κ3) is 2.83. The summed E-state index contributed by atoms with van der Waals surface area (Å²) in [6.45, 7) is 1.70. The molecule has 2 fully saturated rings. The standard InChI is InChI=1S/C17H23NO3/c19-12-17(9-16(10-17)5-2-6-16)11-18-8-13-3-1-4-14(7-13)15(20)21/h1,3-4,7,18-19H,2,5-6,8-12H2,(H,20,21). The Morgan fingerprint density at radius 3 is 2.62 bits per heavy atom. The summed E-state index contributed by atoms with van der Waals surface area (Å²) in [6, 6.07) is 7.01. The van der Waals surface area contributed by atoms with Crippen LogP contribution < -0.4 is 5.32 Å². The van der Waals surface area contributed by atoms with E-state index in [4.69, 9.17) is 5.11 Å². The van der Waals surface area contributed by atoms with Gasteiger partial charge in [0.15, 0.2) is 0 Å². The molecule has 0 bridgehead atoms. The number of carboxylic acids is 1. The van der Waals surface area contributed by atoms with Gasteiger partial charge >= 0.3 is 5.97 Å². The lowest BCUT2D eigenvalue weighted by molar-refractivity contribution is -0.119. The number of aliphatic hydroxyl groups excluding tert-OH is 1. The largest absolute Gasteiger partial charge is 0.478 e. The molecular weight excluding hydrogens is 266 g/mol. The lowest BCUT2D eigenvalue weighted by Gasteiger charge is -2.61. The van der Waals surface area contributed by atoms with Crippen LogP contribution in [-0.2, 0) is 6.54 Å². The first-order valence-corrected chi connectivity index (χ1v) is 7.70. The second-order valence-corrected chi connectivity index (χ2v) is 6.97. The molecule has 4 heteroatoms. The molecule has 114 valence electrons. The van der Waals surface area contributed by atoms with Gasteiger partial charge in [0.2, 0.25) is 0 Å². The number of nitrogens with one attached hydrogen (secondary N) is 1. The number of rotatable bonds is 6. The summed E-state index contributed by atoms with van der Waals surface area (Å²) >= 11 is 0. The highest BCUT2D eigenvalue weighted by atomic mass is 16.4. The third-order valence-corrected chi connectivity index (χ3v) is 5.25. The van der Waals surface area contributed by atoms with Gasteiger partial charge in [-0.25, -0.2) is 4.79 Å². The molecule has 2 aliphatic carbocycles. The maximum Gasteiger partial charge on any atom is 0.335 e. The predicted molar refractivity (Wildman–Crippen MR) is 80.1 cm³/mol. The Morgan fingerprint density at radius 2 is 2.05 bits per heavy atom. The zero-order valence-corrected chi connectivity index (χ0v) is 12.3. The quantitative estimate of drug-likeness (QED) is 0.752. The van der Waals surface area contributed by atoms with Gasteiger partial charge in [-0.2, -0.15) is 0 Å². The van der Waals surface area contributed by atoms with Crippen LogP contribution in [0, 0.1) is 10.8 Å². The minimum absolute atomic E-state index is 0.0465. The summed E-state index contributed by atoms with van der Waals surface area (Å²) in [7, 11) is 0. The zero-order chi connectivity index (χ0) is 14.9. The Bertz CT molecular complexity index is 529. The molecule has 0 heterocycles. The van der Waals surface area contributed by atoms with E-state index in [1.54, 1.807) is 18.2 Å². The molecule has 21 heavy (non-hydrogen) atoms. The molecule has 1 aromatic carbocycles. The normalized spacial score (nSPS) is 21.6. The van der Waals surface area contributed by atoms with E-state index in [9.17, 15) is 9.90 Å². The molecule has 3 N–H and O–H groups in total. The molecule has 1 spiro atoms. The summed E-state index contributed by atoms with van der Waals surface area (Å²) < 4.78 is 0. The van der Waals surface area contributed by atoms with Crippen molar-refractivity contribution >= 4 is 5.97 Å². The Hall–Kier alpha value is -1.39. The average molecular weight is 289 g/mol. The van der Waals surface area contributed by atoms with Crippen LogP contribution in [0.25, 0.3) is 0 Å². The second-order valence-electron chi connectivity index (χ2n) is 6.97. The monoisotopic (exact) mass is 289 g/mol. The molecule has 4 nitrogen and oxygen atoms in total. The molecule has 3 rings (SSSR count). The van der Waals surface area contributed by atoms with E-state index < -0.39 is 5.97 Å². The second kappa shape index (κ2) is 5.43. The summed E-state index contributed by atoms with van der Waals surface area (Å²) in [5, 5.41) is 22.1. The van der Waals surface area contributed by atoms with Crippen LogP contribution in [0.3, 0.4) is 0 Å². The van der Waals surface area contributed by atoms with Crippen LogP contribution in [0.4, 0.5) is 0 Å². The number of aromatic carboxylic acids is 1. The van der Waals surface area contributed by atoms with Crippen molar-refractivity contribution in [1.29, 1.82) is 0 Å². The van der Waals surface area contributed by atoms with Crippen LogP contribution in [-0.4, -0.2) is 29.3 Å². The summed E-state index contributed by atoms with van der Waals surface area (Å²) in [4.78, 5) is 10.9. The molecule has 1 aromatic rings. The number of carboxylic acid groups (broad SMARTS) is 1. The first kappa shape index (κ1) is 14.5. The smallest absolute Gasteiger partial charge is 0.335 e.